The molecule has 102 valence electrons. The fraction of sp³-hybridized carbons (Fsp3) is 0.583. The number of aromatic nitrogens is 2. The van der Waals surface area contributed by atoms with Crippen molar-refractivity contribution in [3.8, 4) is 0 Å². The molecule has 2 fully saturated rings. The van der Waals surface area contributed by atoms with Crippen molar-refractivity contribution >= 4 is 17.5 Å². The molecule has 2 aliphatic rings. The quantitative estimate of drug-likeness (QED) is 0.826. The molecular formula is C12H14ClFN4O. The van der Waals surface area contributed by atoms with E-state index >= 15 is 0 Å². The van der Waals surface area contributed by atoms with E-state index in [4.69, 9.17) is 11.6 Å². The summed E-state index contributed by atoms with van der Waals surface area (Å²) in [6, 6.07) is 0.0936. The van der Waals surface area contributed by atoms with Crippen LogP contribution in [0.4, 0.5) is 4.39 Å². The molecule has 2 bridgehead atoms. The number of piperidine rings is 1. The Morgan fingerprint density at radius 1 is 1.53 bits per heavy atom. The smallest absolute Gasteiger partial charge is 0.289 e. The van der Waals surface area contributed by atoms with Crippen molar-refractivity contribution in [3.05, 3.63) is 23.0 Å². The highest BCUT2D eigenvalue weighted by Gasteiger charge is 2.33. The fourth-order valence-electron chi connectivity index (χ4n) is 2.87. The summed E-state index contributed by atoms with van der Waals surface area (Å²) in [4.78, 5) is 21.5. The number of carbonyl (C=O) groups is 1. The number of carbonyl (C=O) groups excluding carboxylic acids is 1. The van der Waals surface area contributed by atoms with Crippen molar-refractivity contribution in [2.45, 2.75) is 18.9 Å². The number of amides is 1. The molecule has 3 heterocycles. The van der Waals surface area contributed by atoms with Gasteiger partial charge in [0.05, 0.1) is 6.20 Å². The van der Waals surface area contributed by atoms with Crippen LogP contribution in [0.1, 0.15) is 23.5 Å². The lowest BCUT2D eigenvalue weighted by Gasteiger charge is -2.30. The van der Waals surface area contributed by atoms with Crippen LogP contribution < -0.4 is 5.32 Å². The Morgan fingerprint density at radius 3 is 3.11 bits per heavy atom. The topological polar surface area (TPSA) is 58.1 Å². The number of nitrogens with one attached hydrogen (secondary N) is 1. The van der Waals surface area contributed by atoms with E-state index < -0.39 is 11.9 Å². The van der Waals surface area contributed by atoms with Crippen molar-refractivity contribution in [3.63, 3.8) is 0 Å². The summed E-state index contributed by atoms with van der Waals surface area (Å²) in [7, 11) is 0. The Kier molecular flexibility index (Phi) is 3.36. The van der Waals surface area contributed by atoms with Crippen LogP contribution in [-0.4, -0.2) is 46.5 Å². The van der Waals surface area contributed by atoms with Gasteiger partial charge in [-0.1, -0.05) is 11.6 Å². The number of hydrogen-bond donors (Lipinski definition) is 1. The van der Waals surface area contributed by atoms with Crippen LogP contribution in [0.15, 0.2) is 6.20 Å². The van der Waals surface area contributed by atoms with Gasteiger partial charge in [-0.25, -0.2) is 4.98 Å². The van der Waals surface area contributed by atoms with Gasteiger partial charge in [-0.05, 0) is 25.3 Å². The van der Waals surface area contributed by atoms with Crippen molar-refractivity contribution < 1.29 is 9.18 Å². The van der Waals surface area contributed by atoms with Crippen molar-refractivity contribution in [2.75, 3.05) is 19.6 Å². The van der Waals surface area contributed by atoms with Gasteiger partial charge < -0.3 is 10.2 Å². The second-order valence-corrected chi connectivity index (χ2v) is 5.56. The van der Waals surface area contributed by atoms with Gasteiger partial charge in [-0.3, -0.25) is 4.79 Å². The monoisotopic (exact) mass is 284 g/mol. The molecule has 7 heteroatoms. The van der Waals surface area contributed by atoms with Crippen molar-refractivity contribution in [1.29, 1.82) is 0 Å². The Balaban J connectivity index is 1.66. The molecule has 1 N–H and O–H groups in total. The summed E-state index contributed by atoms with van der Waals surface area (Å²) in [6.07, 6.45) is 3.27. The third-order valence-electron chi connectivity index (χ3n) is 3.71. The number of fused-ring (bicyclic) bond motifs is 2. The number of nitrogens with zero attached hydrogens (tertiary/aromatic N) is 3. The van der Waals surface area contributed by atoms with E-state index in [0.717, 1.165) is 32.3 Å². The molecule has 1 aromatic rings. The average Bonchev–Trinajstić information content (AvgIpc) is 2.72. The van der Waals surface area contributed by atoms with E-state index in [1.165, 1.54) is 6.42 Å². The van der Waals surface area contributed by atoms with Crippen molar-refractivity contribution in [1.82, 2.24) is 20.2 Å². The molecule has 3 rings (SSSR count). The third kappa shape index (κ3) is 2.69. The molecular weight excluding hydrogens is 271 g/mol. The van der Waals surface area contributed by atoms with E-state index in [2.05, 4.69) is 20.2 Å². The van der Waals surface area contributed by atoms with Crippen LogP contribution in [0.25, 0.3) is 0 Å². The molecule has 1 aromatic heterocycles. The molecule has 2 saturated heterocycles. The van der Waals surface area contributed by atoms with Gasteiger partial charge in [-0.15, -0.1) is 0 Å². The normalized spacial score (nSPS) is 29.3. The van der Waals surface area contributed by atoms with Crippen LogP contribution >= 0.6 is 11.6 Å². The van der Waals surface area contributed by atoms with Crippen LogP contribution in [0.2, 0.25) is 5.02 Å². The number of hydrogen-bond acceptors (Lipinski definition) is 4. The zero-order chi connectivity index (χ0) is 13.4. The zero-order valence-corrected chi connectivity index (χ0v) is 11.0. The summed E-state index contributed by atoms with van der Waals surface area (Å²) >= 11 is 5.49. The third-order valence-corrected chi connectivity index (χ3v) is 3.96. The van der Waals surface area contributed by atoms with Crippen LogP contribution in [0, 0.1) is 11.9 Å². The summed E-state index contributed by atoms with van der Waals surface area (Å²) in [5, 5.41) is 2.69. The van der Waals surface area contributed by atoms with E-state index in [9.17, 15) is 9.18 Å². The summed E-state index contributed by atoms with van der Waals surface area (Å²) in [6.45, 7) is 3.07. The molecule has 1 unspecified atom stereocenters. The van der Waals surface area contributed by atoms with Gasteiger partial charge in [0.2, 0.25) is 11.8 Å². The second-order valence-electron chi connectivity index (χ2n) is 5.15. The van der Waals surface area contributed by atoms with E-state index in [1.54, 1.807) is 0 Å². The predicted octanol–water partition coefficient (Wildman–Crippen LogP) is 1.09. The molecule has 1 amide bonds. The van der Waals surface area contributed by atoms with Gasteiger partial charge in [0.1, 0.15) is 5.02 Å². The first kappa shape index (κ1) is 12.7. The van der Waals surface area contributed by atoms with Crippen LogP contribution in [0.3, 0.4) is 0 Å². The molecule has 3 atom stereocenters. The predicted molar refractivity (Wildman–Crippen MR) is 67.4 cm³/mol. The lowest BCUT2D eigenvalue weighted by molar-refractivity contribution is 0.0897. The second kappa shape index (κ2) is 5.02. The maximum atomic E-state index is 13.2. The molecule has 19 heavy (non-hydrogen) atoms. The van der Waals surface area contributed by atoms with E-state index in [0.29, 0.717) is 5.92 Å². The Morgan fingerprint density at radius 2 is 2.37 bits per heavy atom. The maximum absolute atomic E-state index is 13.2. The Hall–Kier alpha value is -1.27. The first-order valence-corrected chi connectivity index (χ1v) is 6.71. The minimum Gasteiger partial charge on any atom is -0.345 e. The van der Waals surface area contributed by atoms with E-state index in [1.807, 2.05) is 0 Å². The van der Waals surface area contributed by atoms with Crippen molar-refractivity contribution in [2.24, 2.45) is 5.92 Å². The summed E-state index contributed by atoms with van der Waals surface area (Å²) in [5.74, 6) is -0.825. The zero-order valence-electron chi connectivity index (χ0n) is 10.3. The largest absolute Gasteiger partial charge is 0.345 e. The Labute approximate surface area is 115 Å². The van der Waals surface area contributed by atoms with Gasteiger partial charge in [0.25, 0.3) is 5.91 Å². The number of rotatable bonds is 2. The van der Waals surface area contributed by atoms with Crippen LogP contribution in [0.5, 0.6) is 0 Å². The van der Waals surface area contributed by atoms with Gasteiger partial charge in [-0.2, -0.15) is 9.37 Å². The Bertz CT molecular complexity index is 501. The first-order valence-electron chi connectivity index (χ1n) is 6.33. The van der Waals surface area contributed by atoms with Gasteiger partial charge in [0.15, 0.2) is 0 Å². The minimum absolute atomic E-state index is 0.0936. The highest BCUT2D eigenvalue weighted by molar-refractivity contribution is 6.30. The molecule has 0 saturated carbocycles. The highest BCUT2D eigenvalue weighted by atomic mass is 35.5. The fourth-order valence-corrected chi connectivity index (χ4v) is 2.96. The van der Waals surface area contributed by atoms with Crippen LogP contribution in [-0.2, 0) is 0 Å². The highest BCUT2D eigenvalue weighted by Crippen LogP contribution is 2.26. The maximum Gasteiger partial charge on any atom is 0.289 e. The van der Waals surface area contributed by atoms with E-state index in [-0.39, 0.29) is 16.9 Å². The molecule has 2 aliphatic heterocycles. The molecule has 5 nitrogen and oxygen atoms in total. The summed E-state index contributed by atoms with van der Waals surface area (Å²) < 4.78 is 13.2. The molecule has 0 aromatic carbocycles. The summed E-state index contributed by atoms with van der Waals surface area (Å²) in [5.41, 5.74) is 0. The molecule has 0 spiro atoms. The lowest BCUT2D eigenvalue weighted by atomic mass is 9.97. The average molecular weight is 285 g/mol. The molecule has 0 radical (unpaired) electrons. The minimum atomic E-state index is -0.866. The standard InChI is InChI=1S/C12H14ClFN4O/c13-9-4-15-11(17-10(9)14)12(19)16-8-3-7-1-2-18(5-7)6-8/h4,7-8H,1-3,5-6H2,(H,16,19)/t7-,8-/m1/s1. The molecule has 0 aliphatic carbocycles. The number of halogens is 2. The van der Waals surface area contributed by atoms with Gasteiger partial charge in [0, 0.05) is 19.1 Å². The SMILES string of the molecule is O=C(N[C@@H]1C[C@H]2CCN(C2)C1)c1ncc(Cl)c(F)n1. The lowest BCUT2D eigenvalue weighted by Crippen LogP contribution is -2.47. The first-order chi connectivity index (χ1) is 9.11. The van der Waals surface area contributed by atoms with Gasteiger partial charge >= 0.3 is 0 Å².